The summed E-state index contributed by atoms with van der Waals surface area (Å²) in [7, 11) is -4.41. The highest BCUT2D eigenvalue weighted by Gasteiger charge is 2.22. The van der Waals surface area contributed by atoms with Gasteiger partial charge in [0, 0.05) is 6.07 Å². The van der Waals surface area contributed by atoms with Crippen molar-refractivity contribution < 1.29 is 27.1 Å². The van der Waals surface area contributed by atoms with Crippen molar-refractivity contribution in [3.8, 4) is 0 Å². The summed E-state index contributed by atoms with van der Waals surface area (Å²) in [4.78, 5) is 10.5. The van der Waals surface area contributed by atoms with Crippen LogP contribution in [0.3, 0.4) is 0 Å². The molecular formula is C13H7Cl2F2NO4S. The topological polar surface area (TPSA) is 83.5 Å². The van der Waals surface area contributed by atoms with Crippen molar-refractivity contribution in [2.24, 2.45) is 0 Å². The van der Waals surface area contributed by atoms with Crippen molar-refractivity contribution in [1.29, 1.82) is 0 Å². The summed E-state index contributed by atoms with van der Waals surface area (Å²) in [6.45, 7) is 0. The second-order valence-electron chi connectivity index (χ2n) is 4.30. The van der Waals surface area contributed by atoms with Gasteiger partial charge in [-0.25, -0.2) is 22.0 Å². The van der Waals surface area contributed by atoms with Gasteiger partial charge in [-0.15, -0.1) is 0 Å². The third-order valence-corrected chi connectivity index (χ3v) is 4.86. The van der Waals surface area contributed by atoms with E-state index in [0.29, 0.717) is 6.07 Å². The fourth-order valence-electron chi connectivity index (χ4n) is 1.65. The van der Waals surface area contributed by atoms with Crippen LogP contribution in [0.4, 0.5) is 14.5 Å². The molecule has 0 spiro atoms. The predicted molar refractivity (Wildman–Crippen MR) is 80.6 cm³/mol. The molecule has 0 unspecified atom stereocenters. The number of anilines is 1. The molecule has 0 fully saturated rings. The normalized spacial score (nSPS) is 11.3. The van der Waals surface area contributed by atoms with Gasteiger partial charge in [0.15, 0.2) is 0 Å². The van der Waals surface area contributed by atoms with E-state index in [1.165, 1.54) is 0 Å². The second-order valence-corrected chi connectivity index (χ2v) is 6.77. The van der Waals surface area contributed by atoms with Crippen LogP contribution in [-0.4, -0.2) is 19.5 Å². The quantitative estimate of drug-likeness (QED) is 0.843. The van der Waals surface area contributed by atoms with Crippen molar-refractivity contribution in [3.05, 3.63) is 57.6 Å². The van der Waals surface area contributed by atoms with Crippen LogP contribution in [0.15, 0.2) is 35.2 Å². The van der Waals surface area contributed by atoms with E-state index in [1.807, 2.05) is 4.72 Å². The van der Waals surface area contributed by atoms with Crippen LogP contribution in [-0.2, 0) is 10.0 Å². The van der Waals surface area contributed by atoms with Crippen molar-refractivity contribution >= 4 is 44.9 Å². The van der Waals surface area contributed by atoms with Gasteiger partial charge in [0.1, 0.15) is 11.6 Å². The molecule has 2 rings (SSSR count). The van der Waals surface area contributed by atoms with Gasteiger partial charge in [0.2, 0.25) is 0 Å². The smallest absolute Gasteiger partial charge is 0.337 e. The Bertz CT molecular complexity index is 903. The number of benzene rings is 2. The van der Waals surface area contributed by atoms with Gasteiger partial charge in [0.05, 0.1) is 26.2 Å². The Morgan fingerprint density at radius 1 is 1.13 bits per heavy atom. The Labute approximate surface area is 139 Å². The standard InChI is InChI=1S/C13H7Cl2F2NO4S/c14-9-5-7(4-8(12(9)15)13(19)20)23(21,22)18-11-3-6(16)1-2-10(11)17/h1-5,18H,(H,19,20). The maximum absolute atomic E-state index is 13.5. The minimum atomic E-state index is -4.41. The molecule has 0 aliphatic carbocycles. The lowest BCUT2D eigenvalue weighted by Crippen LogP contribution is -2.15. The molecule has 0 heterocycles. The number of rotatable bonds is 4. The van der Waals surface area contributed by atoms with Crippen LogP contribution >= 0.6 is 23.2 Å². The van der Waals surface area contributed by atoms with E-state index in [9.17, 15) is 22.0 Å². The summed E-state index contributed by atoms with van der Waals surface area (Å²) in [6, 6.07) is 3.86. The molecule has 0 saturated carbocycles. The molecule has 2 aromatic rings. The van der Waals surface area contributed by atoms with Crippen molar-refractivity contribution in [1.82, 2.24) is 0 Å². The minimum absolute atomic E-state index is 0.313. The first-order chi connectivity index (χ1) is 10.6. The highest BCUT2D eigenvalue weighted by molar-refractivity contribution is 7.92. The van der Waals surface area contributed by atoms with Crippen LogP contribution in [0.25, 0.3) is 0 Å². The first kappa shape index (κ1) is 17.5. The van der Waals surface area contributed by atoms with Gasteiger partial charge in [-0.2, -0.15) is 0 Å². The molecule has 5 nitrogen and oxygen atoms in total. The lowest BCUT2D eigenvalue weighted by molar-refractivity contribution is 0.0697. The van der Waals surface area contributed by atoms with Crippen LogP contribution in [0.2, 0.25) is 10.0 Å². The molecule has 23 heavy (non-hydrogen) atoms. The Balaban J connectivity index is 2.52. The molecule has 10 heteroatoms. The van der Waals surface area contributed by atoms with Crippen molar-refractivity contribution in [3.63, 3.8) is 0 Å². The fourth-order valence-corrected chi connectivity index (χ4v) is 3.24. The van der Waals surface area contributed by atoms with Gasteiger partial charge in [-0.1, -0.05) is 23.2 Å². The molecular weight excluding hydrogens is 375 g/mol. The molecule has 0 aromatic heterocycles. The largest absolute Gasteiger partial charge is 0.478 e. The number of hydrogen-bond acceptors (Lipinski definition) is 3. The SMILES string of the molecule is O=C(O)c1cc(S(=O)(=O)Nc2cc(F)ccc2F)cc(Cl)c1Cl. The van der Waals surface area contributed by atoms with E-state index in [0.717, 1.165) is 24.3 Å². The van der Waals surface area contributed by atoms with Crippen molar-refractivity contribution in [2.45, 2.75) is 4.90 Å². The molecule has 2 aromatic carbocycles. The number of hydrogen-bond donors (Lipinski definition) is 2. The summed E-state index contributed by atoms with van der Waals surface area (Å²) in [5, 5.41) is 8.33. The number of carbonyl (C=O) groups is 1. The van der Waals surface area contributed by atoms with Gasteiger partial charge in [-0.05, 0) is 24.3 Å². The number of carboxylic acids is 1. The van der Waals surface area contributed by atoms with Gasteiger partial charge < -0.3 is 5.11 Å². The Morgan fingerprint density at radius 3 is 2.39 bits per heavy atom. The Kier molecular flexibility index (Phi) is 4.79. The number of nitrogens with one attached hydrogen (secondary N) is 1. The molecule has 2 N–H and O–H groups in total. The van der Waals surface area contributed by atoms with Gasteiger partial charge in [-0.3, -0.25) is 4.72 Å². The van der Waals surface area contributed by atoms with E-state index in [1.54, 1.807) is 0 Å². The average Bonchev–Trinajstić information content (AvgIpc) is 2.44. The summed E-state index contributed by atoms with van der Waals surface area (Å²) < 4.78 is 52.9. The molecule has 122 valence electrons. The number of sulfonamides is 1. The highest BCUT2D eigenvalue weighted by atomic mass is 35.5. The van der Waals surface area contributed by atoms with E-state index in [-0.39, 0.29) is 10.0 Å². The van der Waals surface area contributed by atoms with Crippen molar-refractivity contribution in [2.75, 3.05) is 4.72 Å². The highest BCUT2D eigenvalue weighted by Crippen LogP contribution is 2.30. The number of aromatic carboxylic acids is 1. The maximum Gasteiger partial charge on any atom is 0.337 e. The van der Waals surface area contributed by atoms with E-state index in [4.69, 9.17) is 28.3 Å². The van der Waals surface area contributed by atoms with Gasteiger partial charge >= 0.3 is 5.97 Å². The second kappa shape index (κ2) is 6.31. The fraction of sp³-hybridized carbons (Fsp3) is 0. The number of carboxylic acid groups (broad SMARTS) is 1. The first-order valence-electron chi connectivity index (χ1n) is 5.82. The molecule has 0 saturated heterocycles. The third-order valence-electron chi connectivity index (χ3n) is 2.72. The lowest BCUT2D eigenvalue weighted by atomic mass is 10.2. The first-order valence-corrected chi connectivity index (χ1v) is 8.06. The van der Waals surface area contributed by atoms with E-state index >= 15 is 0 Å². The lowest BCUT2D eigenvalue weighted by Gasteiger charge is -2.11. The summed E-state index contributed by atoms with van der Waals surface area (Å²) in [6.07, 6.45) is 0. The number of halogens is 4. The van der Waals surface area contributed by atoms with E-state index < -0.39 is 43.8 Å². The zero-order valence-corrected chi connectivity index (χ0v) is 13.3. The molecule has 0 radical (unpaired) electrons. The Morgan fingerprint density at radius 2 is 1.78 bits per heavy atom. The van der Waals surface area contributed by atoms with Crippen LogP contribution in [0.5, 0.6) is 0 Å². The van der Waals surface area contributed by atoms with Crippen LogP contribution in [0.1, 0.15) is 10.4 Å². The zero-order valence-electron chi connectivity index (χ0n) is 11.0. The maximum atomic E-state index is 13.5. The predicted octanol–water partition coefficient (Wildman–Crippen LogP) is 3.77. The average molecular weight is 382 g/mol. The molecule has 0 bridgehead atoms. The molecule has 0 aliphatic rings. The third kappa shape index (κ3) is 3.72. The molecule has 0 amide bonds. The van der Waals surface area contributed by atoms with E-state index in [2.05, 4.69) is 0 Å². The minimum Gasteiger partial charge on any atom is -0.478 e. The van der Waals surface area contributed by atoms with Gasteiger partial charge in [0.25, 0.3) is 10.0 Å². The van der Waals surface area contributed by atoms with Crippen LogP contribution in [0, 0.1) is 11.6 Å². The monoisotopic (exact) mass is 381 g/mol. The Hall–Kier alpha value is -1.90. The zero-order chi connectivity index (χ0) is 17.4. The summed E-state index contributed by atoms with van der Waals surface area (Å²) >= 11 is 11.4. The molecule has 0 aliphatic heterocycles. The van der Waals surface area contributed by atoms with Crippen LogP contribution < -0.4 is 4.72 Å². The summed E-state index contributed by atoms with van der Waals surface area (Å²) in [5.74, 6) is -3.36. The summed E-state index contributed by atoms with van der Waals surface area (Å²) in [5.41, 5.74) is -1.17. The molecule has 0 atom stereocenters.